The predicted octanol–water partition coefficient (Wildman–Crippen LogP) is 3.98. The van der Waals surface area contributed by atoms with E-state index in [-0.39, 0.29) is 0 Å². The van der Waals surface area contributed by atoms with Crippen molar-refractivity contribution in [2.24, 2.45) is 0 Å². The van der Waals surface area contributed by atoms with Crippen molar-refractivity contribution in [2.75, 3.05) is 17.7 Å². The number of ether oxygens (including phenoxy) is 1. The summed E-state index contributed by atoms with van der Waals surface area (Å²) >= 11 is 0. The normalized spacial score (nSPS) is 10.1. The molecule has 1 heterocycles. The molecule has 0 saturated heterocycles. The Labute approximate surface area is 133 Å². The summed E-state index contributed by atoms with van der Waals surface area (Å²) in [6.45, 7) is 0. The smallest absolute Gasteiger partial charge is 0.436 e. The summed E-state index contributed by atoms with van der Waals surface area (Å²) in [6, 6.07) is 20.9. The summed E-state index contributed by atoms with van der Waals surface area (Å²) in [5.74, 6) is 1.06. The molecule has 0 aliphatic heterocycles. The maximum atomic E-state index is 11.9. The van der Waals surface area contributed by atoms with E-state index in [0.717, 1.165) is 11.4 Å². The van der Waals surface area contributed by atoms with E-state index in [4.69, 9.17) is 4.74 Å². The SMILES string of the molecule is COC(=O)n1nc(Nc2ccccc2)cc1Nc1ccccc1. The van der Waals surface area contributed by atoms with E-state index in [1.165, 1.54) is 11.8 Å². The molecule has 0 atom stereocenters. The van der Waals surface area contributed by atoms with Gasteiger partial charge in [-0.2, -0.15) is 0 Å². The summed E-state index contributed by atoms with van der Waals surface area (Å²) in [6.07, 6.45) is -0.565. The third-order valence-corrected chi connectivity index (χ3v) is 3.15. The zero-order valence-corrected chi connectivity index (χ0v) is 12.6. The van der Waals surface area contributed by atoms with E-state index >= 15 is 0 Å². The number of rotatable bonds is 4. The van der Waals surface area contributed by atoms with E-state index in [9.17, 15) is 4.79 Å². The van der Waals surface area contributed by atoms with Gasteiger partial charge in [0.1, 0.15) is 5.82 Å². The second-order valence-corrected chi connectivity index (χ2v) is 4.78. The van der Waals surface area contributed by atoms with Gasteiger partial charge in [-0.05, 0) is 24.3 Å². The molecule has 0 radical (unpaired) electrons. The van der Waals surface area contributed by atoms with Gasteiger partial charge in [-0.3, -0.25) is 0 Å². The topological polar surface area (TPSA) is 68.2 Å². The van der Waals surface area contributed by atoms with Crippen LogP contribution in [-0.4, -0.2) is 23.0 Å². The molecule has 0 fully saturated rings. The van der Waals surface area contributed by atoms with Crippen LogP contribution in [0.4, 0.5) is 27.8 Å². The fourth-order valence-electron chi connectivity index (χ4n) is 2.10. The molecule has 0 bridgehead atoms. The van der Waals surface area contributed by atoms with Gasteiger partial charge in [-0.25, -0.2) is 4.79 Å². The first-order valence-electron chi connectivity index (χ1n) is 7.09. The molecule has 3 rings (SSSR count). The number of hydrogen-bond acceptors (Lipinski definition) is 5. The van der Waals surface area contributed by atoms with Crippen molar-refractivity contribution in [3.8, 4) is 0 Å². The zero-order valence-electron chi connectivity index (χ0n) is 12.6. The Morgan fingerprint density at radius 3 is 2.09 bits per heavy atom. The van der Waals surface area contributed by atoms with Crippen molar-refractivity contribution in [3.63, 3.8) is 0 Å². The van der Waals surface area contributed by atoms with Crippen LogP contribution in [0.2, 0.25) is 0 Å². The van der Waals surface area contributed by atoms with Gasteiger partial charge in [0.2, 0.25) is 0 Å². The Morgan fingerprint density at radius 1 is 0.957 bits per heavy atom. The van der Waals surface area contributed by atoms with Gasteiger partial charge in [0.05, 0.1) is 7.11 Å². The fourth-order valence-corrected chi connectivity index (χ4v) is 2.10. The van der Waals surface area contributed by atoms with Crippen molar-refractivity contribution < 1.29 is 9.53 Å². The van der Waals surface area contributed by atoms with E-state index in [1.807, 2.05) is 60.7 Å². The minimum Gasteiger partial charge on any atom is -0.451 e. The molecule has 6 heteroatoms. The van der Waals surface area contributed by atoms with Crippen LogP contribution in [0.15, 0.2) is 66.7 Å². The van der Waals surface area contributed by atoms with Crippen LogP contribution in [0.3, 0.4) is 0 Å². The molecular weight excluding hydrogens is 292 g/mol. The number of para-hydroxylation sites is 2. The average molecular weight is 308 g/mol. The number of benzene rings is 2. The molecule has 0 spiro atoms. The first-order chi connectivity index (χ1) is 11.3. The van der Waals surface area contributed by atoms with Crippen molar-refractivity contribution in [1.82, 2.24) is 9.78 Å². The molecule has 116 valence electrons. The second-order valence-electron chi connectivity index (χ2n) is 4.78. The van der Waals surface area contributed by atoms with Gasteiger partial charge in [-0.15, -0.1) is 9.78 Å². The van der Waals surface area contributed by atoms with Crippen LogP contribution < -0.4 is 10.6 Å². The van der Waals surface area contributed by atoms with Crippen LogP contribution in [-0.2, 0) is 4.74 Å². The molecule has 6 nitrogen and oxygen atoms in total. The fraction of sp³-hybridized carbons (Fsp3) is 0.0588. The van der Waals surface area contributed by atoms with E-state index in [2.05, 4.69) is 15.7 Å². The van der Waals surface area contributed by atoms with Crippen LogP contribution >= 0.6 is 0 Å². The monoisotopic (exact) mass is 308 g/mol. The van der Waals surface area contributed by atoms with Gasteiger partial charge in [-0.1, -0.05) is 36.4 Å². The van der Waals surface area contributed by atoms with Crippen LogP contribution in [0.1, 0.15) is 0 Å². The van der Waals surface area contributed by atoms with Crippen LogP contribution in [0.25, 0.3) is 0 Å². The maximum Gasteiger partial charge on any atom is 0.436 e. The summed E-state index contributed by atoms with van der Waals surface area (Å²) in [5.41, 5.74) is 1.73. The summed E-state index contributed by atoms with van der Waals surface area (Å²) < 4.78 is 5.95. The van der Waals surface area contributed by atoms with E-state index < -0.39 is 6.09 Å². The number of nitrogens with one attached hydrogen (secondary N) is 2. The number of aromatic nitrogens is 2. The van der Waals surface area contributed by atoms with Gasteiger partial charge >= 0.3 is 6.09 Å². The van der Waals surface area contributed by atoms with Gasteiger partial charge in [0.25, 0.3) is 0 Å². The molecule has 0 amide bonds. The van der Waals surface area contributed by atoms with Crippen molar-refractivity contribution in [2.45, 2.75) is 0 Å². The lowest BCUT2D eigenvalue weighted by atomic mass is 10.3. The molecule has 23 heavy (non-hydrogen) atoms. The predicted molar refractivity (Wildman–Crippen MR) is 89.5 cm³/mol. The minimum absolute atomic E-state index is 0.515. The Morgan fingerprint density at radius 2 is 1.52 bits per heavy atom. The molecule has 0 aliphatic carbocycles. The average Bonchev–Trinajstić information content (AvgIpc) is 2.98. The Bertz CT molecular complexity index is 785. The number of carbonyl (C=O) groups excluding carboxylic acids is 1. The van der Waals surface area contributed by atoms with E-state index in [1.54, 1.807) is 6.07 Å². The molecule has 2 N–H and O–H groups in total. The first kappa shape index (κ1) is 14.6. The summed E-state index contributed by atoms with van der Waals surface area (Å²) in [5, 5.41) is 10.5. The first-order valence-corrected chi connectivity index (χ1v) is 7.09. The van der Waals surface area contributed by atoms with Crippen molar-refractivity contribution in [3.05, 3.63) is 66.7 Å². The highest BCUT2D eigenvalue weighted by Gasteiger charge is 2.15. The maximum absolute atomic E-state index is 11.9. The summed E-state index contributed by atoms with van der Waals surface area (Å²) in [7, 11) is 1.32. The van der Waals surface area contributed by atoms with Gasteiger partial charge in [0.15, 0.2) is 5.82 Å². The molecule has 3 aromatic rings. The van der Waals surface area contributed by atoms with Gasteiger partial charge < -0.3 is 15.4 Å². The second kappa shape index (κ2) is 6.65. The minimum atomic E-state index is -0.565. The highest BCUT2D eigenvalue weighted by atomic mass is 16.5. The van der Waals surface area contributed by atoms with Crippen LogP contribution in [0.5, 0.6) is 0 Å². The number of carbonyl (C=O) groups is 1. The van der Waals surface area contributed by atoms with Crippen molar-refractivity contribution in [1.29, 1.82) is 0 Å². The summed E-state index contributed by atoms with van der Waals surface area (Å²) in [4.78, 5) is 11.9. The van der Waals surface area contributed by atoms with Gasteiger partial charge in [0, 0.05) is 17.4 Å². The highest BCUT2D eigenvalue weighted by Crippen LogP contribution is 2.22. The molecule has 0 saturated carbocycles. The van der Waals surface area contributed by atoms with Crippen molar-refractivity contribution >= 4 is 29.1 Å². The standard InChI is InChI=1S/C17H16N4O2/c1-23-17(22)21-16(19-14-10-6-3-7-11-14)12-15(20-21)18-13-8-4-2-5-9-13/h2-12,19H,1H3,(H,18,20). The molecule has 1 aromatic heterocycles. The van der Waals surface area contributed by atoms with E-state index in [0.29, 0.717) is 11.6 Å². The molecule has 0 unspecified atom stereocenters. The zero-order chi connectivity index (χ0) is 16.1. The number of methoxy groups -OCH3 is 1. The Hall–Kier alpha value is -3.28. The van der Waals surface area contributed by atoms with Crippen LogP contribution in [0, 0.1) is 0 Å². The third kappa shape index (κ3) is 3.49. The lowest BCUT2D eigenvalue weighted by molar-refractivity contribution is 0.170. The Kier molecular flexibility index (Phi) is 4.24. The largest absolute Gasteiger partial charge is 0.451 e. The highest BCUT2D eigenvalue weighted by molar-refractivity contribution is 5.78. The third-order valence-electron chi connectivity index (χ3n) is 3.15. The molecular formula is C17H16N4O2. The number of hydrogen-bond donors (Lipinski definition) is 2. The quantitative estimate of drug-likeness (QED) is 0.763. The molecule has 0 aliphatic rings. The lowest BCUT2D eigenvalue weighted by Crippen LogP contribution is -2.15. The number of nitrogens with zero attached hydrogens (tertiary/aromatic N) is 2. The lowest BCUT2D eigenvalue weighted by Gasteiger charge is -2.06. The Balaban J connectivity index is 1.89. The number of anilines is 4. The molecule has 2 aromatic carbocycles.